The van der Waals surface area contributed by atoms with Gasteiger partial charge in [-0.1, -0.05) is 110 Å². The van der Waals surface area contributed by atoms with Gasteiger partial charge in [0.05, 0.1) is 27.2 Å². The van der Waals surface area contributed by atoms with Crippen molar-refractivity contribution in [3.8, 4) is 0 Å². The van der Waals surface area contributed by atoms with Crippen LogP contribution in [0.1, 0.15) is 129 Å². The van der Waals surface area contributed by atoms with E-state index in [0.717, 1.165) is 23.5 Å². The first-order chi connectivity index (χ1) is 15.9. The molecule has 0 aliphatic carbocycles. The maximum absolute atomic E-state index is 5.54. The Labute approximate surface area is 226 Å². The van der Waals surface area contributed by atoms with E-state index in [4.69, 9.17) is 13.3 Å². The number of hydrogen-bond donors (Lipinski definition) is 0. The highest BCUT2D eigenvalue weighted by molar-refractivity contribution is 6.60. The first-order valence-corrected chi connectivity index (χ1v) is 16.4. The van der Waals surface area contributed by atoms with Crippen LogP contribution in [0.3, 0.4) is 0 Å². The molecule has 34 heavy (non-hydrogen) atoms. The second-order valence-electron chi connectivity index (χ2n) is 10.8. The van der Waals surface area contributed by atoms with E-state index in [2.05, 4.69) is 21.0 Å². The number of rotatable bonds is 26. The minimum absolute atomic E-state index is 0. The summed E-state index contributed by atoms with van der Waals surface area (Å²) in [5.74, 6) is 0. The van der Waals surface area contributed by atoms with E-state index in [0.29, 0.717) is 0 Å². The summed E-state index contributed by atoms with van der Waals surface area (Å²) in [4.78, 5) is 0. The molecule has 0 aromatic carbocycles. The van der Waals surface area contributed by atoms with E-state index >= 15 is 0 Å². The smallest absolute Gasteiger partial charge is 0.500 e. The Bertz CT molecular complexity index is 401. The fraction of sp³-hybridized carbons (Fsp3) is 1.00. The monoisotopic (exact) mass is 567 g/mol. The van der Waals surface area contributed by atoms with E-state index in [1.54, 1.807) is 21.3 Å². The lowest BCUT2D eigenvalue weighted by Gasteiger charge is -2.31. The van der Waals surface area contributed by atoms with Crippen LogP contribution in [0.25, 0.3) is 0 Å². The Morgan fingerprint density at radius 1 is 0.471 bits per heavy atom. The van der Waals surface area contributed by atoms with Crippen molar-refractivity contribution in [1.29, 1.82) is 0 Å². The standard InChI is InChI=1S/C28H62NO3Si.BrH/c1-7-8-9-10-11-12-13-14-15-16-17-18-19-20-21-22-23-24-26-29(2,3)27-25-28-33(30-4,31-5)32-6;/h7-28H2,1-6H3;1H/q+1;/p-1. The first-order valence-electron chi connectivity index (χ1n) is 14.4. The number of quaternary nitrogens is 1. The Morgan fingerprint density at radius 2 is 0.765 bits per heavy atom. The van der Waals surface area contributed by atoms with Gasteiger partial charge < -0.3 is 34.7 Å². The van der Waals surface area contributed by atoms with Crippen LogP contribution in [0.4, 0.5) is 0 Å². The van der Waals surface area contributed by atoms with Crippen LogP contribution in [0.15, 0.2) is 0 Å². The third-order valence-electron chi connectivity index (χ3n) is 7.30. The molecule has 0 aromatic rings. The molecular formula is C28H62BrNO3Si. The molecule has 0 N–H and O–H groups in total. The topological polar surface area (TPSA) is 27.7 Å². The first kappa shape index (κ1) is 36.7. The molecule has 0 heterocycles. The molecule has 0 aliphatic rings. The van der Waals surface area contributed by atoms with Crippen LogP contribution in [0.2, 0.25) is 6.04 Å². The molecule has 0 aromatic heterocycles. The van der Waals surface area contributed by atoms with Gasteiger partial charge in [0.1, 0.15) is 0 Å². The van der Waals surface area contributed by atoms with Crippen LogP contribution < -0.4 is 17.0 Å². The van der Waals surface area contributed by atoms with Gasteiger partial charge in [-0.25, -0.2) is 0 Å². The second-order valence-corrected chi connectivity index (χ2v) is 13.9. The summed E-state index contributed by atoms with van der Waals surface area (Å²) in [5, 5.41) is 0. The molecule has 0 radical (unpaired) electrons. The van der Waals surface area contributed by atoms with Gasteiger partial charge in [-0.3, -0.25) is 0 Å². The van der Waals surface area contributed by atoms with Crippen LogP contribution in [0.5, 0.6) is 0 Å². The molecule has 0 rings (SSSR count). The SMILES string of the molecule is CCCCCCCCCCCCCCCCCCCC[N+](C)(C)CCC[Si](OC)(OC)OC.[Br-]. The lowest BCUT2D eigenvalue weighted by Crippen LogP contribution is -3.00. The molecule has 0 unspecified atom stereocenters. The Morgan fingerprint density at radius 3 is 1.09 bits per heavy atom. The van der Waals surface area contributed by atoms with Crippen molar-refractivity contribution in [3.05, 3.63) is 0 Å². The molecule has 0 amide bonds. The second kappa shape index (κ2) is 25.2. The van der Waals surface area contributed by atoms with E-state index < -0.39 is 8.80 Å². The third kappa shape index (κ3) is 21.8. The zero-order valence-corrected chi connectivity index (χ0v) is 26.7. The maximum Gasteiger partial charge on any atom is 0.500 e. The summed E-state index contributed by atoms with van der Waals surface area (Å²) < 4.78 is 17.7. The third-order valence-corrected chi connectivity index (χ3v) is 10.1. The highest BCUT2D eigenvalue weighted by atomic mass is 79.9. The summed E-state index contributed by atoms with van der Waals surface area (Å²) in [6, 6.07) is 0.900. The Kier molecular flexibility index (Phi) is 27.2. The molecule has 0 atom stereocenters. The minimum Gasteiger partial charge on any atom is -1.00 e. The molecule has 0 saturated carbocycles. The average Bonchev–Trinajstić information content (AvgIpc) is 2.81. The average molecular weight is 569 g/mol. The highest BCUT2D eigenvalue weighted by Crippen LogP contribution is 2.18. The van der Waals surface area contributed by atoms with Crippen LogP contribution in [-0.4, -0.2) is 61.8 Å². The van der Waals surface area contributed by atoms with E-state index in [-0.39, 0.29) is 17.0 Å². The summed E-state index contributed by atoms with van der Waals surface area (Å²) in [7, 11) is 7.41. The predicted molar refractivity (Wildman–Crippen MR) is 147 cm³/mol. The highest BCUT2D eigenvalue weighted by Gasteiger charge is 2.37. The lowest BCUT2D eigenvalue weighted by atomic mass is 10.0. The van der Waals surface area contributed by atoms with Crippen molar-refractivity contribution in [2.75, 3.05) is 48.5 Å². The normalized spacial score (nSPS) is 12.2. The Balaban J connectivity index is 0. The summed E-state index contributed by atoms with van der Waals surface area (Å²) in [6.07, 6.45) is 27.0. The Hall–Kier alpha value is 0.537. The number of nitrogens with zero attached hydrogens (tertiary/aromatic N) is 1. The van der Waals surface area contributed by atoms with Gasteiger partial charge in [-0.2, -0.15) is 0 Å². The maximum atomic E-state index is 5.54. The zero-order chi connectivity index (χ0) is 24.7. The van der Waals surface area contributed by atoms with Crippen molar-refractivity contribution in [2.45, 2.75) is 135 Å². The largest absolute Gasteiger partial charge is 1.00 e. The lowest BCUT2D eigenvalue weighted by molar-refractivity contribution is -0.890. The van der Waals surface area contributed by atoms with Gasteiger partial charge in [-0.05, 0) is 12.8 Å². The number of unbranched alkanes of at least 4 members (excludes halogenated alkanes) is 17. The fourth-order valence-electron chi connectivity index (χ4n) is 4.83. The van der Waals surface area contributed by atoms with Crippen molar-refractivity contribution < 1.29 is 34.7 Å². The molecule has 208 valence electrons. The molecular weight excluding hydrogens is 506 g/mol. The van der Waals surface area contributed by atoms with Gasteiger partial charge in [0.15, 0.2) is 0 Å². The number of halogens is 1. The molecule has 0 saturated heterocycles. The van der Waals surface area contributed by atoms with Crippen molar-refractivity contribution in [2.24, 2.45) is 0 Å². The van der Waals surface area contributed by atoms with Gasteiger partial charge in [0, 0.05) is 33.8 Å². The zero-order valence-electron chi connectivity index (χ0n) is 24.1. The predicted octanol–water partition coefficient (Wildman–Crippen LogP) is 5.38. The van der Waals surface area contributed by atoms with E-state index in [1.165, 1.54) is 122 Å². The van der Waals surface area contributed by atoms with Crippen molar-refractivity contribution in [1.82, 2.24) is 0 Å². The molecule has 6 heteroatoms. The van der Waals surface area contributed by atoms with Crippen LogP contribution >= 0.6 is 0 Å². The molecule has 0 spiro atoms. The van der Waals surface area contributed by atoms with E-state index in [9.17, 15) is 0 Å². The molecule has 4 nitrogen and oxygen atoms in total. The molecule has 0 bridgehead atoms. The number of hydrogen-bond acceptors (Lipinski definition) is 3. The van der Waals surface area contributed by atoms with Gasteiger partial charge in [0.2, 0.25) is 0 Å². The molecule has 0 fully saturated rings. The van der Waals surface area contributed by atoms with Crippen LogP contribution in [0, 0.1) is 0 Å². The molecule has 0 aliphatic heterocycles. The minimum atomic E-state index is -2.41. The van der Waals surface area contributed by atoms with Crippen LogP contribution in [-0.2, 0) is 13.3 Å². The summed E-state index contributed by atoms with van der Waals surface area (Å²) in [5.41, 5.74) is 0. The van der Waals surface area contributed by atoms with E-state index in [1.807, 2.05) is 0 Å². The van der Waals surface area contributed by atoms with Gasteiger partial charge >= 0.3 is 8.80 Å². The quantitative estimate of drug-likeness (QED) is 0.0797. The van der Waals surface area contributed by atoms with Gasteiger partial charge in [-0.15, -0.1) is 0 Å². The summed E-state index contributed by atoms with van der Waals surface area (Å²) >= 11 is 0. The van der Waals surface area contributed by atoms with Crippen molar-refractivity contribution in [3.63, 3.8) is 0 Å². The fourth-order valence-corrected chi connectivity index (χ4v) is 6.54. The van der Waals surface area contributed by atoms with Crippen molar-refractivity contribution >= 4 is 8.80 Å². The van der Waals surface area contributed by atoms with Gasteiger partial charge in [0.25, 0.3) is 0 Å². The summed E-state index contributed by atoms with van der Waals surface area (Å²) in [6.45, 7) is 4.72.